The summed E-state index contributed by atoms with van der Waals surface area (Å²) >= 11 is 1.37. The number of amides is 1. The van der Waals surface area contributed by atoms with Crippen molar-refractivity contribution in [3.05, 3.63) is 48.0 Å². The summed E-state index contributed by atoms with van der Waals surface area (Å²) < 4.78 is 11.7. The Hall–Kier alpha value is -3.11. The quantitative estimate of drug-likeness (QED) is 0.758. The summed E-state index contributed by atoms with van der Waals surface area (Å²) in [5.74, 6) is 0.970. The molecule has 0 saturated heterocycles. The van der Waals surface area contributed by atoms with Gasteiger partial charge in [-0.2, -0.15) is 5.26 Å². The third-order valence-electron chi connectivity index (χ3n) is 3.49. The molecule has 1 N–H and O–H groups in total. The highest BCUT2D eigenvalue weighted by molar-refractivity contribution is 7.22. The number of fused-ring (bicyclic) bond motifs is 1. The Morgan fingerprint density at radius 3 is 2.64 bits per heavy atom. The zero-order valence-corrected chi connectivity index (χ0v) is 14.5. The minimum atomic E-state index is -0.700. The second kappa shape index (κ2) is 7.20. The first-order chi connectivity index (χ1) is 12.1. The molecule has 6 nitrogen and oxygen atoms in total. The number of hydrogen-bond donors (Lipinski definition) is 1. The average Bonchev–Trinajstić information content (AvgIpc) is 3.03. The number of methoxy groups -OCH3 is 1. The van der Waals surface area contributed by atoms with Crippen molar-refractivity contribution in [2.75, 3.05) is 12.4 Å². The predicted octanol–water partition coefficient (Wildman–Crippen LogP) is 3.58. The van der Waals surface area contributed by atoms with Gasteiger partial charge in [-0.15, -0.1) is 0 Å². The number of carbonyl (C=O) groups excluding carboxylic acids is 1. The number of hydrogen-bond acceptors (Lipinski definition) is 6. The van der Waals surface area contributed by atoms with Crippen molar-refractivity contribution < 1.29 is 14.3 Å². The summed E-state index contributed by atoms with van der Waals surface area (Å²) in [5.41, 5.74) is 1.33. The fourth-order valence-corrected chi connectivity index (χ4v) is 3.06. The van der Waals surface area contributed by atoms with Crippen LogP contribution < -0.4 is 14.8 Å². The first-order valence-electron chi connectivity index (χ1n) is 7.51. The molecule has 7 heteroatoms. The number of rotatable bonds is 5. The smallest absolute Gasteiger partial charge is 0.266 e. The predicted molar refractivity (Wildman–Crippen MR) is 96.0 cm³/mol. The fourth-order valence-electron chi connectivity index (χ4n) is 2.16. The van der Waals surface area contributed by atoms with E-state index in [0.29, 0.717) is 16.4 Å². The van der Waals surface area contributed by atoms with Crippen LogP contribution in [0.2, 0.25) is 0 Å². The van der Waals surface area contributed by atoms with E-state index in [9.17, 15) is 4.79 Å². The Kier molecular flexibility index (Phi) is 4.82. The normalized spacial score (nSPS) is 11.6. The largest absolute Gasteiger partial charge is 0.497 e. The number of thiazole rings is 1. The fraction of sp³-hybridized carbons (Fsp3) is 0.167. The van der Waals surface area contributed by atoms with Gasteiger partial charge in [-0.3, -0.25) is 10.1 Å². The first-order valence-corrected chi connectivity index (χ1v) is 8.33. The Balaban J connectivity index is 1.67. The van der Waals surface area contributed by atoms with E-state index in [1.807, 2.05) is 24.3 Å². The molecule has 0 spiro atoms. The SMILES string of the molecule is COc1ccc2nc(NC(=O)C(C)Oc3ccc(C#N)cc3)sc2c1. The molecule has 3 aromatic rings. The van der Waals surface area contributed by atoms with E-state index < -0.39 is 6.10 Å². The molecule has 3 rings (SSSR count). The number of nitrogens with one attached hydrogen (secondary N) is 1. The van der Waals surface area contributed by atoms with Gasteiger partial charge in [0.2, 0.25) is 0 Å². The van der Waals surface area contributed by atoms with E-state index in [4.69, 9.17) is 14.7 Å². The molecule has 1 atom stereocenters. The second-order valence-corrected chi connectivity index (χ2v) is 6.27. The van der Waals surface area contributed by atoms with Crippen molar-refractivity contribution >= 4 is 32.6 Å². The first kappa shape index (κ1) is 16.7. The van der Waals surface area contributed by atoms with Crippen LogP contribution in [0.1, 0.15) is 12.5 Å². The number of anilines is 1. The summed E-state index contributed by atoms with van der Waals surface area (Å²) in [4.78, 5) is 16.7. The molecule has 25 heavy (non-hydrogen) atoms. The third kappa shape index (κ3) is 3.87. The van der Waals surface area contributed by atoms with Gasteiger partial charge in [0.05, 0.1) is 29.0 Å². The van der Waals surface area contributed by atoms with Crippen LogP contribution in [-0.2, 0) is 4.79 Å². The molecule has 1 heterocycles. The monoisotopic (exact) mass is 353 g/mol. The van der Waals surface area contributed by atoms with Gasteiger partial charge in [0.25, 0.3) is 5.91 Å². The number of aromatic nitrogens is 1. The number of benzene rings is 2. The molecule has 126 valence electrons. The molecule has 1 aromatic heterocycles. The van der Waals surface area contributed by atoms with Crippen LogP contribution in [-0.4, -0.2) is 24.1 Å². The van der Waals surface area contributed by atoms with Gasteiger partial charge in [0, 0.05) is 0 Å². The summed E-state index contributed by atoms with van der Waals surface area (Å²) in [6, 6.07) is 14.2. The molecule has 0 fully saturated rings. The summed E-state index contributed by atoms with van der Waals surface area (Å²) in [5, 5.41) is 12.1. The van der Waals surface area contributed by atoms with Crippen LogP contribution in [0.4, 0.5) is 5.13 Å². The van der Waals surface area contributed by atoms with Crippen LogP contribution in [0.5, 0.6) is 11.5 Å². The Morgan fingerprint density at radius 1 is 1.24 bits per heavy atom. The molecule has 0 radical (unpaired) electrons. The van der Waals surface area contributed by atoms with Crippen molar-refractivity contribution in [1.29, 1.82) is 5.26 Å². The van der Waals surface area contributed by atoms with Crippen LogP contribution in [0.25, 0.3) is 10.2 Å². The van der Waals surface area contributed by atoms with E-state index in [1.165, 1.54) is 11.3 Å². The molecule has 0 aliphatic rings. The van der Waals surface area contributed by atoms with E-state index in [2.05, 4.69) is 10.3 Å². The topological polar surface area (TPSA) is 84.2 Å². The zero-order valence-electron chi connectivity index (χ0n) is 13.6. The maximum Gasteiger partial charge on any atom is 0.266 e. The Labute approximate surface area is 148 Å². The molecule has 0 bridgehead atoms. The lowest BCUT2D eigenvalue weighted by molar-refractivity contribution is -0.122. The van der Waals surface area contributed by atoms with Crippen molar-refractivity contribution in [1.82, 2.24) is 4.98 Å². The number of carbonyl (C=O) groups is 1. The summed E-state index contributed by atoms with van der Waals surface area (Å²) in [6.45, 7) is 1.66. The molecular weight excluding hydrogens is 338 g/mol. The van der Waals surface area contributed by atoms with E-state index in [0.717, 1.165) is 16.0 Å². The minimum absolute atomic E-state index is 0.296. The van der Waals surface area contributed by atoms with Crippen molar-refractivity contribution in [2.24, 2.45) is 0 Å². The Bertz CT molecular complexity index is 944. The lowest BCUT2D eigenvalue weighted by Gasteiger charge is -2.13. The van der Waals surface area contributed by atoms with Gasteiger partial charge in [-0.05, 0) is 49.4 Å². The van der Waals surface area contributed by atoms with Gasteiger partial charge in [0.1, 0.15) is 11.5 Å². The lowest BCUT2D eigenvalue weighted by atomic mass is 10.2. The van der Waals surface area contributed by atoms with Crippen LogP contribution in [0, 0.1) is 11.3 Å². The molecule has 1 amide bonds. The molecule has 0 aliphatic carbocycles. The molecule has 0 saturated carbocycles. The van der Waals surface area contributed by atoms with Gasteiger partial charge in [-0.25, -0.2) is 4.98 Å². The highest BCUT2D eigenvalue weighted by atomic mass is 32.1. The van der Waals surface area contributed by atoms with E-state index in [-0.39, 0.29) is 5.91 Å². The number of nitrogens with zero attached hydrogens (tertiary/aromatic N) is 2. The van der Waals surface area contributed by atoms with Gasteiger partial charge < -0.3 is 9.47 Å². The maximum absolute atomic E-state index is 12.3. The summed E-state index contributed by atoms with van der Waals surface area (Å²) in [6.07, 6.45) is -0.700. The van der Waals surface area contributed by atoms with Gasteiger partial charge in [-0.1, -0.05) is 11.3 Å². The second-order valence-electron chi connectivity index (χ2n) is 5.24. The Morgan fingerprint density at radius 2 is 1.96 bits per heavy atom. The van der Waals surface area contributed by atoms with Crippen molar-refractivity contribution in [3.63, 3.8) is 0 Å². The average molecular weight is 353 g/mol. The van der Waals surface area contributed by atoms with Gasteiger partial charge in [0.15, 0.2) is 11.2 Å². The summed E-state index contributed by atoms with van der Waals surface area (Å²) in [7, 11) is 1.60. The zero-order chi connectivity index (χ0) is 17.8. The van der Waals surface area contributed by atoms with Crippen LogP contribution in [0.3, 0.4) is 0 Å². The van der Waals surface area contributed by atoms with E-state index >= 15 is 0 Å². The van der Waals surface area contributed by atoms with Crippen molar-refractivity contribution in [3.8, 4) is 17.6 Å². The highest BCUT2D eigenvalue weighted by Gasteiger charge is 2.17. The minimum Gasteiger partial charge on any atom is -0.497 e. The maximum atomic E-state index is 12.3. The molecule has 0 aliphatic heterocycles. The van der Waals surface area contributed by atoms with Crippen LogP contribution in [0.15, 0.2) is 42.5 Å². The van der Waals surface area contributed by atoms with Crippen molar-refractivity contribution in [2.45, 2.75) is 13.0 Å². The van der Waals surface area contributed by atoms with Crippen LogP contribution >= 0.6 is 11.3 Å². The van der Waals surface area contributed by atoms with E-state index in [1.54, 1.807) is 38.3 Å². The number of nitriles is 1. The van der Waals surface area contributed by atoms with Gasteiger partial charge >= 0.3 is 0 Å². The molecular formula is C18H15N3O3S. The standard InChI is InChI=1S/C18H15N3O3S/c1-11(24-13-5-3-12(10-19)4-6-13)17(22)21-18-20-15-8-7-14(23-2)9-16(15)25-18/h3-9,11H,1-2H3,(H,20,21,22). The molecule has 2 aromatic carbocycles. The highest BCUT2D eigenvalue weighted by Crippen LogP contribution is 2.29. The number of ether oxygens (including phenoxy) is 2. The molecule has 1 unspecified atom stereocenters. The lowest BCUT2D eigenvalue weighted by Crippen LogP contribution is -2.30. The third-order valence-corrected chi connectivity index (χ3v) is 4.42.